The molecule has 1 fully saturated rings. The van der Waals surface area contributed by atoms with Crippen LogP contribution in [-0.4, -0.2) is 29.9 Å². The van der Waals surface area contributed by atoms with Crippen molar-refractivity contribution in [2.75, 3.05) is 0 Å². The predicted octanol–water partition coefficient (Wildman–Crippen LogP) is 5.40. The van der Waals surface area contributed by atoms with Crippen molar-refractivity contribution in [3.05, 3.63) is 100 Å². The van der Waals surface area contributed by atoms with Gasteiger partial charge >= 0.3 is 0 Å². The third-order valence-corrected chi connectivity index (χ3v) is 7.76. The van der Waals surface area contributed by atoms with Crippen LogP contribution in [0.15, 0.2) is 72.3 Å². The predicted molar refractivity (Wildman–Crippen MR) is 148 cm³/mol. The Hall–Kier alpha value is -4.02. The van der Waals surface area contributed by atoms with Gasteiger partial charge in [0.05, 0.1) is 22.9 Å². The molecule has 194 valence electrons. The highest BCUT2D eigenvalue weighted by molar-refractivity contribution is 5.71. The van der Waals surface area contributed by atoms with Crippen molar-refractivity contribution in [2.24, 2.45) is 0 Å². The zero-order valence-electron chi connectivity index (χ0n) is 21.8. The first-order chi connectivity index (χ1) is 18.5. The molecule has 1 N–H and O–H groups in total. The summed E-state index contributed by atoms with van der Waals surface area (Å²) in [6.07, 6.45) is 8.36. The van der Waals surface area contributed by atoms with Crippen molar-refractivity contribution < 1.29 is 5.11 Å². The molecule has 4 aromatic rings. The van der Waals surface area contributed by atoms with Crippen molar-refractivity contribution in [2.45, 2.75) is 69.9 Å². The van der Waals surface area contributed by atoms with Gasteiger partial charge in [0.1, 0.15) is 6.33 Å². The molecule has 38 heavy (non-hydrogen) atoms. The molecule has 7 nitrogen and oxygen atoms in total. The van der Waals surface area contributed by atoms with E-state index in [9.17, 15) is 15.2 Å². The maximum Gasteiger partial charge on any atom is 0.259 e. The number of hydrogen-bond acceptors (Lipinski definition) is 5. The van der Waals surface area contributed by atoms with Gasteiger partial charge in [-0.3, -0.25) is 9.36 Å². The van der Waals surface area contributed by atoms with E-state index in [1.54, 1.807) is 10.6 Å². The van der Waals surface area contributed by atoms with Crippen LogP contribution in [0.4, 0.5) is 0 Å². The summed E-state index contributed by atoms with van der Waals surface area (Å²) < 4.78 is 3.60. The Kier molecular flexibility index (Phi) is 7.26. The first kappa shape index (κ1) is 25.6. The van der Waals surface area contributed by atoms with E-state index in [1.165, 1.54) is 6.33 Å². The van der Waals surface area contributed by atoms with Crippen molar-refractivity contribution >= 4 is 5.78 Å². The van der Waals surface area contributed by atoms with Crippen molar-refractivity contribution in [3.8, 4) is 17.2 Å². The molecule has 2 heterocycles. The highest BCUT2D eigenvalue weighted by atomic mass is 16.3. The highest BCUT2D eigenvalue weighted by Crippen LogP contribution is 2.37. The van der Waals surface area contributed by atoms with Crippen LogP contribution in [0.3, 0.4) is 0 Å². The molecule has 0 spiro atoms. The number of hydrogen-bond donors (Lipinski definition) is 1. The molecule has 0 saturated heterocycles. The number of nitriles is 1. The standard InChI is InChI=1S/C31H33N5O2/c1-3-8-28-27(19-22-11-12-26(24(18-22)20-32)23-9-6-5-7-10-23)29(37)35(30-33-21-34-36(28)30)25-13-16-31(38,15-4-2)17-14-25/h4-7,9-12,18,21,25,38H,2-3,8,13-17,19H2,1H3. The van der Waals surface area contributed by atoms with Gasteiger partial charge in [-0.15, -0.1) is 6.58 Å². The average molecular weight is 508 g/mol. The van der Waals surface area contributed by atoms with Crippen LogP contribution in [-0.2, 0) is 12.8 Å². The molecular weight excluding hydrogens is 474 g/mol. The third-order valence-electron chi connectivity index (χ3n) is 7.76. The zero-order chi connectivity index (χ0) is 26.7. The molecule has 7 heteroatoms. The summed E-state index contributed by atoms with van der Waals surface area (Å²) in [5.74, 6) is 0.554. The van der Waals surface area contributed by atoms with Crippen molar-refractivity contribution in [1.82, 2.24) is 19.2 Å². The first-order valence-electron chi connectivity index (χ1n) is 13.4. The largest absolute Gasteiger partial charge is 0.390 e. The molecule has 0 atom stereocenters. The van der Waals surface area contributed by atoms with Gasteiger partial charge in [-0.05, 0) is 61.3 Å². The second kappa shape index (κ2) is 10.8. The van der Waals surface area contributed by atoms with E-state index in [0.29, 0.717) is 61.9 Å². The van der Waals surface area contributed by atoms with Gasteiger partial charge in [0, 0.05) is 18.0 Å². The lowest BCUT2D eigenvalue weighted by Gasteiger charge is -2.36. The molecule has 1 aliphatic carbocycles. The second-order valence-corrected chi connectivity index (χ2v) is 10.3. The Bertz CT molecular complexity index is 1550. The molecule has 0 amide bonds. The minimum Gasteiger partial charge on any atom is -0.390 e. The van der Waals surface area contributed by atoms with E-state index in [4.69, 9.17) is 0 Å². The van der Waals surface area contributed by atoms with Gasteiger partial charge in [0.2, 0.25) is 5.78 Å². The smallest absolute Gasteiger partial charge is 0.259 e. The van der Waals surface area contributed by atoms with Crippen LogP contribution in [0.1, 0.15) is 73.9 Å². The summed E-state index contributed by atoms with van der Waals surface area (Å²) in [5, 5.41) is 25.3. The van der Waals surface area contributed by atoms with Crippen molar-refractivity contribution in [3.63, 3.8) is 0 Å². The molecule has 5 rings (SSSR count). The Labute approximate surface area is 222 Å². The number of aryl methyl sites for hydroxylation is 1. The number of fused-ring (bicyclic) bond motifs is 1. The summed E-state index contributed by atoms with van der Waals surface area (Å²) in [6.45, 7) is 5.87. The lowest BCUT2D eigenvalue weighted by Crippen LogP contribution is -2.38. The first-order valence-corrected chi connectivity index (χ1v) is 13.4. The van der Waals surface area contributed by atoms with Crippen LogP contribution < -0.4 is 5.56 Å². The normalized spacial score (nSPS) is 19.3. The highest BCUT2D eigenvalue weighted by Gasteiger charge is 2.34. The van der Waals surface area contributed by atoms with E-state index in [1.807, 2.05) is 53.0 Å². The number of benzene rings is 2. The SMILES string of the molecule is C=CCC1(O)CCC(n2c(=O)c(Cc3ccc(-c4ccccc4)c(C#N)c3)c(CCC)n3ncnc23)CC1. The Balaban J connectivity index is 1.57. The molecule has 2 aromatic carbocycles. The minimum atomic E-state index is -0.759. The van der Waals surface area contributed by atoms with Gasteiger partial charge in [0.15, 0.2) is 0 Å². The molecule has 1 saturated carbocycles. The molecule has 2 aromatic heterocycles. The van der Waals surface area contributed by atoms with Gasteiger partial charge in [-0.2, -0.15) is 15.3 Å². The summed E-state index contributed by atoms with van der Waals surface area (Å²) >= 11 is 0. The van der Waals surface area contributed by atoms with Crippen LogP contribution in [0.25, 0.3) is 16.9 Å². The number of nitrogens with zero attached hydrogens (tertiary/aromatic N) is 5. The fraction of sp³-hybridized carbons (Fsp3) is 0.355. The van der Waals surface area contributed by atoms with Gasteiger partial charge in [-0.25, -0.2) is 4.52 Å². The molecule has 0 unspecified atom stereocenters. The number of aromatic nitrogens is 4. The molecular formula is C31H33N5O2. The Morgan fingerprint density at radius 3 is 2.66 bits per heavy atom. The van der Waals surface area contributed by atoms with Crippen LogP contribution >= 0.6 is 0 Å². The fourth-order valence-corrected chi connectivity index (χ4v) is 5.82. The molecule has 0 bridgehead atoms. The fourth-order valence-electron chi connectivity index (χ4n) is 5.82. The minimum absolute atomic E-state index is 0.0567. The Morgan fingerprint density at radius 2 is 1.97 bits per heavy atom. The summed E-state index contributed by atoms with van der Waals surface area (Å²) in [4.78, 5) is 18.6. The number of rotatable bonds is 8. The molecule has 1 aliphatic rings. The van der Waals surface area contributed by atoms with Crippen LogP contribution in [0.2, 0.25) is 0 Å². The van der Waals surface area contributed by atoms with Gasteiger partial charge in [-0.1, -0.05) is 61.9 Å². The number of aliphatic hydroxyl groups is 1. The summed E-state index contributed by atoms with van der Waals surface area (Å²) in [5.41, 5.74) is 4.10. The van der Waals surface area contributed by atoms with E-state index < -0.39 is 5.60 Å². The average Bonchev–Trinajstić information content (AvgIpc) is 3.41. The maximum absolute atomic E-state index is 14.1. The lowest BCUT2D eigenvalue weighted by atomic mass is 9.80. The van der Waals surface area contributed by atoms with E-state index in [2.05, 4.69) is 29.7 Å². The molecule has 0 aliphatic heterocycles. The maximum atomic E-state index is 14.1. The van der Waals surface area contributed by atoms with Crippen LogP contribution in [0.5, 0.6) is 0 Å². The zero-order valence-corrected chi connectivity index (χ0v) is 21.8. The second-order valence-electron chi connectivity index (χ2n) is 10.3. The van der Waals surface area contributed by atoms with E-state index >= 15 is 0 Å². The quantitative estimate of drug-likeness (QED) is 0.322. The van der Waals surface area contributed by atoms with Gasteiger partial charge < -0.3 is 5.11 Å². The van der Waals surface area contributed by atoms with E-state index in [0.717, 1.165) is 28.8 Å². The molecule has 0 radical (unpaired) electrons. The summed E-state index contributed by atoms with van der Waals surface area (Å²) in [7, 11) is 0. The third kappa shape index (κ3) is 4.80. The van der Waals surface area contributed by atoms with Gasteiger partial charge in [0.25, 0.3) is 5.56 Å². The topological polar surface area (TPSA) is 96.2 Å². The Morgan fingerprint density at radius 1 is 1.21 bits per heavy atom. The van der Waals surface area contributed by atoms with E-state index in [-0.39, 0.29) is 11.6 Å². The monoisotopic (exact) mass is 507 g/mol. The lowest BCUT2D eigenvalue weighted by molar-refractivity contribution is -0.00475. The van der Waals surface area contributed by atoms with Crippen LogP contribution in [0, 0.1) is 11.3 Å². The van der Waals surface area contributed by atoms with Crippen molar-refractivity contribution in [1.29, 1.82) is 5.26 Å². The summed E-state index contributed by atoms with van der Waals surface area (Å²) in [6, 6.07) is 18.0.